The lowest BCUT2D eigenvalue weighted by molar-refractivity contribution is -0.759. The standard InChI is InChI=1S/C19H17ClN4O2S/c1-2-10-27-19-22-18(26)16-11-6-3-4-8-13(11)21-17(24(16)23-19)12-7-5-9-14(25)15(12)20/h3-9,17H,2,10H2,1H3,(H2,22,23,25,26)/p+1/t17-/m1/s1. The Balaban J connectivity index is 1.95. The summed E-state index contributed by atoms with van der Waals surface area (Å²) in [6, 6.07) is 12.6. The number of benzene rings is 2. The fraction of sp³-hybridized carbons (Fsp3) is 0.211. The van der Waals surface area contributed by atoms with E-state index in [0.29, 0.717) is 16.4 Å². The maximum Gasteiger partial charge on any atom is 0.325 e. The summed E-state index contributed by atoms with van der Waals surface area (Å²) in [5.74, 6) is 0.839. The summed E-state index contributed by atoms with van der Waals surface area (Å²) in [5.41, 5.74) is 2.46. The molecule has 1 aliphatic rings. The highest BCUT2D eigenvalue weighted by molar-refractivity contribution is 7.99. The van der Waals surface area contributed by atoms with Crippen LogP contribution in [0.1, 0.15) is 25.1 Å². The third-order valence-corrected chi connectivity index (χ3v) is 5.81. The fourth-order valence-corrected chi connectivity index (χ4v) is 4.05. The quantitative estimate of drug-likeness (QED) is 0.460. The average molecular weight is 402 g/mol. The molecule has 3 N–H and O–H groups in total. The summed E-state index contributed by atoms with van der Waals surface area (Å²) in [4.78, 5) is 15.8. The Kier molecular flexibility index (Phi) is 4.80. The van der Waals surface area contributed by atoms with Crippen LogP contribution in [0.2, 0.25) is 5.02 Å². The van der Waals surface area contributed by atoms with Gasteiger partial charge in [-0.2, -0.15) is 0 Å². The Morgan fingerprint density at radius 3 is 2.89 bits per heavy atom. The van der Waals surface area contributed by atoms with E-state index in [1.165, 1.54) is 17.8 Å². The Bertz CT molecular complexity index is 1070. The molecular weight excluding hydrogens is 384 g/mol. The highest BCUT2D eigenvalue weighted by Crippen LogP contribution is 2.36. The third kappa shape index (κ3) is 3.17. The number of para-hydroxylation sites is 1. The molecule has 1 aliphatic heterocycles. The summed E-state index contributed by atoms with van der Waals surface area (Å²) < 4.78 is 1.65. The molecule has 0 aliphatic carbocycles. The van der Waals surface area contributed by atoms with Gasteiger partial charge in [0, 0.05) is 10.9 Å². The summed E-state index contributed by atoms with van der Waals surface area (Å²) >= 11 is 7.86. The molecule has 27 heavy (non-hydrogen) atoms. The number of H-pyrrole nitrogens is 1. The molecule has 0 spiro atoms. The first-order valence-corrected chi connectivity index (χ1v) is 9.98. The molecule has 0 saturated carbocycles. The molecule has 2 aromatic carbocycles. The number of aromatic nitrogens is 3. The number of hydrogen-bond donors (Lipinski definition) is 3. The smallest absolute Gasteiger partial charge is 0.325 e. The Hall–Kier alpha value is -2.51. The molecule has 0 saturated heterocycles. The highest BCUT2D eigenvalue weighted by atomic mass is 35.5. The third-order valence-electron chi connectivity index (χ3n) is 4.33. The van der Waals surface area contributed by atoms with Crippen molar-refractivity contribution in [3.05, 3.63) is 63.4 Å². The van der Waals surface area contributed by atoms with Crippen LogP contribution in [0, 0.1) is 0 Å². The van der Waals surface area contributed by atoms with Crippen LogP contribution < -0.4 is 15.6 Å². The largest absolute Gasteiger partial charge is 0.506 e. The first-order chi connectivity index (χ1) is 13.1. The van der Waals surface area contributed by atoms with Crippen LogP contribution in [0.25, 0.3) is 11.3 Å². The second kappa shape index (κ2) is 7.25. The second-order valence-corrected chi connectivity index (χ2v) is 7.64. The molecule has 1 atom stereocenters. The molecule has 8 heteroatoms. The van der Waals surface area contributed by atoms with Crippen molar-refractivity contribution in [2.24, 2.45) is 0 Å². The van der Waals surface area contributed by atoms with Crippen molar-refractivity contribution < 1.29 is 9.79 Å². The van der Waals surface area contributed by atoms with Crippen LogP contribution in [0.5, 0.6) is 5.75 Å². The SMILES string of the molecule is CCCSc1n[n+]2c(c(=O)[nH]1)-c1ccccc1N[C@H]2c1cccc(O)c1Cl. The van der Waals surface area contributed by atoms with Crippen LogP contribution in [-0.2, 0) is 0 Å². The number of nitrogens with one attached hydrogen (secondary N) is 2. The monoisotopic (exact) mass is 401 g/mol. The van der Waals surface area contributed by atoms with E-state index < -0.39 is 6.17 Å². The van der Waals surface area contributed by atoms with E-state index in [-0.39, 0.29) is 16.3 Å². The molecule has 6 nitrogen and oxygen atoms in total. The maximum absolute atomic E-state index is 12.9. The summed E-state index contributed by atoms with van der Waals surface area (Å²) in [5, 5.41) is 18.9. The van der Waals surface area contributed by atoms with Gasteiger partial charge in [0.25, 0.3) is 6.17 Å². The molecule has 138 valence electrons. The molecule has 0 unspecified atom stereocenters. The molecule has 0 bridgehead atoms. The molecule has 0 amide bonds. The Labute approximate surface area is 165 Å². The molecule has 2 heterocycles. The fourth-order valence-electron chi connectivity index (χ4n) is 3.11. The number of anilines is 1. The lowest BCUT2D eigenvalue weighted by atomic mass is 10.0. The molecule has 0 radical (unpaired) electrons. The van der Waals surface area contributed by atoms with Crippen molar-refractivity contribution in [1.29, 1.82) is 0 Å². The van der Waals surface area contributed by atoms with Crippen LogP contribution in [0.4, 0.5) is 5.69 Å². The summed E-state index contributed by atoms with van der Waals surface area (Å²) in [6.07, 6.45) is 0.455. The Morgan fingerprint density at radius 2 is 2.07 bits per heavy atom. The molecular formula is C19H18ClN4O2S+. The topological polar surface area (TPSA) is 81.9 Å². The normalized spacial score (nSPS) is 15.0. The second-order valence-electron chi connectivity index (χ2n) is 6.17. The van der Waals surface area contributed by atoms with Crippen molar-refractivity contribution >= 4 is 29.1 Å². The van der Waals surface area contributed by atoms with E-state index in [0.717, 1.165) is 23.4 Å². The van der Waals surface area contributed by atoms with E-state index in [2.05, 4.69) is 22.3 Å². The van der Waals surface area contributed by atoms with Gasteiger partial charge >= 0.3 is 11.3 Å². The number of halogens is 1. The number of nitrogens with zero attached hydrogens (tertiary/aromatic N) is 2. The molecule has 0 fully saturated rings. The van der Waals surface area contributed by atoms with Crippen molar-refractivity contribution in [3.8, 4) is 17.0 Å². The first kappa shape index (κ1) is 17.9. The minimum atomic E-state index is -0.516. The van der Waals surface area contributed by atoms with Crippen LogP contribution >= 0.6 is 23.4 Å². The number of hydrogen-bond acceptors (Lipinski definition) is 5. The number of rotatable bonds is 4. The van der Waals surface area contributed by atoms with Gasteiger partial charge < -0.3 is 10.4 Å². The number of phenols is 1. The molecule has 4 rings (SSSR count). The zero-order valence-electron chi connectivity index (χ0n) is 14.6. The number of fused-ring (bicyclic) bond motifs is 3. The van der Waals surface area contributed by atoms with Gasteiger partial charge in [0.1, 0.15) is 5.75 Å². The zero-order valence-corrected chi connectivity index (χ0v) is 16.1. The number of thioether (sulfide) groups is 1. The number of phenolic OH excluding ortho intramolecular Hbond substituents is 1. The van der Waals surface area contributed by atoms with Gasteiger partial charge in [-0.15, -0.1) is 0 Å². The summed E-state index contributed by atoms with van der Waals surface area (Å²) in [7, 11) is 0. The highest BCUT2D eigenvalue weighted by Gasteiger charge is 2.38. The van der Waals surface area contributed by atoms with Crippen molar-refractivity contribution in [1.82, 2.24) is 10.1 Å². The van der Waals surface area contributed by atoms with Gasteiger partial charge in [-0.3, -0.25) is 9.78 Å². The van der Waals surface area contributed by atoms with E-state index >= 15 is 0 Å². The predicted molar refractivity (Wildman–Crippen MR) is 106 cm³/mol. The van der Waals surface area contributed by atoms with Crippen molar-refractivity contribution in [3.63, 3.8) is 0 Å². The maximum atomic E-state index is 12.9. The Morgan fingerprint density at radius 1 is 1.26 bits per heavy atom. The minimum absolute atomic E-state index is 0.0117. The summed E-state index contributed by atoms with van der Waals surface area (Å²) in [6.45, 7) is 2.07. The van der Waals surface area contributed by atoms with Crippen LogP contribution in [0.3, 0.4) is 0 Å². The van der Waals surface area contributed by atoms with E-state index in [9.17, 15) is 9.90 Å². The van der Waals surface area contributed by atoms with Gasteiger partial charge in [0.2, 0.25) is 5.16 Å². The lowest BCUT2D eigenvalue weighted by Crippen LogP contribution is -2.55. The van der Waals surface area contributed by atoms with Gasteiger partial charge in [0.05, 0.1) is 21.8 Å². The van der Waals surface area contributed by atoms with E-state index in [1.54, 1.807) is 10.7 Å². The first-order valence-electron chi connectivity index (χ1n) is 8.62. The minimum Gasteiger partial charge on any atom is -0.506 e. The lowest BCUT2D eigenvalue weighted by Gasteiger charge is -2.23. The number of aromatic amines is 1. The average Bonchev–Trinajstić information content (AvgIpc) is 2.67. The van der Waals surface area contributed by atoms with Gasteiger partial charge in [-0.25, -0.2) is 0 Å². The number of aromatic hydroxyl groups is 1. The molecule has 3 aromatic rings. The van der Waals surface area contributed by atoms with E-state index in [4.69, 9.17) is 11.6 Å². The predicted octanol–water partition coefficient (Wildman–Crippen LogP) is 3.56. The van der Waals surface area contributed by atoms with E-state index in [1.807, 2.05) is 30.3 Å². The molecule has 1 aromatic heterocycles. The van der Waals surface area contributed by atoms with Crippen molar-refractivity contribution in [2.45, 2.75) is 24.7 Å². The zero-order chi connectivity index (χ0) is 19.0. The van der Waals surface area contributed by atoms with Crippen LogP contribution in [-0.4, -0.2) is 20.9 Å². The van der Waals surface area contributed by atoms with Gasteiger partial charge in [-0.05, 0) is 35.4 Å². The van der Waals surface area contributed by atoms with Crippen molar-refractivity contribution in [2.75, 3.05) is 11.1 Å². The van der Waals surface area contributed by atoms with Gasteiger partial charge in [0.15, 0.2) is 0 Å². The van der Waals surface area contributed by atoms with Crippen LogP contribution in [0.15, 0.2) is 52.4 Å². The van der Waals surface area contributed by atoms with Gasteiger partial charge in [-0.1, -0.05) is 48.5 Å².